The van der Waals surface area contributed by atoms with Crippen LogP contribution in [-0.4, -0.2) is 19.6 Å². The van der Waals surface area contributed by atoms with Crippen LogP contribution in [0.1, 0.15) is 13.8 Å². The Morgan fingerprint density at radius 1 is 1.12 bits per heavy atom. The maximum absolute atomic E-state index is 12.1. The summed E-state index contributed by atoms with van der Waals surface area (Å²) in [5.41, 5.74) is 0. The van der Waals surface area contributed by atoms with E-state index in [9.17, 15) is 4.39 Å². The molecule has 2 aromatic rings. The molecule has 0 saturated carbocycles. The first-order valence-electron chi connectivity index (χ1n) is 4.99. The van der Waals surface area contributed by atoms with E-state index in [1.165, 1.54) is 4.68 Å². The number of aryl methyl sites for hydroxylation is 2. The second-order valence-electron chi connectivity index (χ2n) is 2.68. The van der Waals surface area contributed by atoms with Gasteiger partial charge in [0.2, 0.25) is 0 Å². The van der Waals surface area contributed by atoms with E-state index in [2.05, 4.69) is 10.2 Å². The Kier molecular flexibility index (Phi) is 7.58. The lowest BCUT2D eigenvalue weighted by Crippen LogP contribution is -1.87. The minimum Gasteiger partial charge on any atom is -0.257 e. The van der Waals surface area contributed by atoms with E-state index in [-0.39, 0.29) is 5.15 Å². The number of rotatable bonds is 0. The zero-order valence-corrected chi connectivity index (χ0v) is 11.7. The summed E-state index contributed by atoms with van der Waals surface area (Å²) in [6.07, 6.45) is 2.73. The van der Waals surface area contributed by atoms with Gasteiger partial charge in [-0.15, -0.1) is 0 Å². The standard InChI is InChI=1S/C4H4ClFN2.C4H5ClN2.C2H6/c1-8-4(5)3(6)2-7-8;1-7-4(5)2-3-6-7;1-2/h2H,1H3;2-3H,1H3;1-2H3. The van der Waals surface area contributed by atoms with Crippen LogP contribution >= 0.6 is 23.2 Å². The lowest BCUT2D eigenvalue weighted by molar-refractivity contribution is 0.625. The van der Waals surface area contributed by atoms with Crippen LogP contribution in [0, 0.1) is 5.82 Å². The van der Waals surface area contributed by atoms with Crippen molar-refractivity contribution >= 4 is 23.2 Å². The van der Waals surface area contributed by atoms with Crippen LogP contribution in [0.15, 0.2) is 18.5 Å². The molecule has 96 valence electrons. The molecule has 0 bridgehead atoms. The summed E-state index contributed by atoms with van der Waals surface area (Å²) < 4.78 is 15.0. The molecule has 0 spiro atoms. The maximum atomic E-state index is 12.1. The van der Waals surface area contributed by atoms with E-state index >= 15 is 0 Å². The summed E-state index contributed by atoms with van der Waals surface area (Å²) >= 11 is 10.8. The first-order chi connectivity index (χ1) is 8.02. The number of nitrogens with zero attached hydrogens (tertiary/aromatic N) is 4. The molecule has 0 radical (unpaired) electrons. The van der Waals surface area contributed by atoms with E-state index in [4.69, 9.17) is 23.2 Å². The lowest BCUT2D eigenvalue weighted by atomic mass is 10.7. The summed E-state index contributed by atoms with van der Waals surface area (Å²) in [7, 11) is 3.37. The molecule has 0 aliphatic rings. The topological polar surface area (TPSA) is 35.6 Å². The highest BCUT2D eigenvalue weighted by Gasteiger charge is 2.01. The van der Waals surface area contributed by atoms with Crippen LogP contribution in [0.4, 0.5) is 4.39 Å². The Bertz CT molecular complexity index is 403. The first kappa shape index (κ1) is 15.9. The van der Waals surface area contributed by atoms with E-state index in [0.717, 1.165) is 6.20 Å². The van der Waals surface area contributed by atoms with Gasteiger partial charge in [-0.05, 0) is 6.07 Å². The molecule has 2 aromatic heterocycles. The van der Waals surface area contributed by atoms with Crippen LogP contribution in [0.2, 0.25) is 10.3 Å². The largest absolute Gasteiger partial charge is 0.257 e. The SMILES string of the molecule is CC.Cn1ncc(F)c1Cl.Cn1nccc1Cl. The van der Waals surface area contributed by atoms with Crippen molar-refractivity contribution in [2.45, 2.75) is 13.8 Å². The van der Waals surface area contributed by atoms with Crippen molar-refractivity contribution in [3.8, 4) is 0 Å². The van der Waals surface area contributed by atoms with Gasteiger partial charge in [0.15, 0.2) is 11.0 Å². The van der Waals surface area contributed by atoms with Gasteiger partial charge in [0.1, 0.15) is 5.15 Å². The third kappa shape index (κ3) is 5.19. The zero-order valence-electron chi connectivity index (χ0n) is 10.2. The highest BCUT2D eigenvalue weighted by atomic mass is 35.5. The average Bonchev–Trinajstić information content (AvgIpc) is 2.84. The quantitative estimate of drug-likeness (QED) is 0.742. The fourth-order valence-corrected chi connectivity index (χ4v) is 0.946. The molecule has 0 aliphatic heterocycles. The Balaban J connectivity index is 0.000000265. The summed E-state index contributed by atoms with van der Waals surface area (Å²) in [5.74, 6) is -0.478. The number of aromatic nitrogens is 4. The molecule has 2 rings (SSSR count). The van der Waals surface area contributed by atoms with E-state index in [0.29, 0.717) is 5.15 Å². The normalized spacial score (nSPS) is 8.88. The van der Waals surface area contributed by atoms with Crippen molar-refractivity contribution in [2.24, 2.45) is 14.1 Å². The molecule has 4 nitrogen and oxygen atoms in total. The first-order valence-corrected chi connectivity index (χ1v) is 5.74. The monoisotopic (exact) mass is 280 g/mol. The summed E-state index contributed by atoms with van der Waals surface area (Å²) in [5, 5.41) is 8.04. The maximum Gasteiger partial charge on any atom is 0.180 e. The summed E-state index contributed by atoms with van der Waals surface area (Å²) in [6.45, 7) is 4.00. The third-order valence-electron chi connectivity index (χ3n) is 1.59. The Labute approximate surface area is 110 Å². The fourth-order valence-electron chi connectivity index (χ4n) is 0.754. The molecular weight excluding hydrogens is 266 g/mol. The molecule has 7 heteroatoms. The highest BCUT2D eigenvalue weighted by molar-refractivity contribution is 6.29. The van der Waals surface area contributed by atoms with Gasteiger partial charge in [0.25, 0.3) is 0 Å². The van der Waals surface area contributed by atoms with Crippen LogP contribution < -0.4 is 0 Å². The van der Waals surface area contributed by atoms with Gasteiger partial charge in [0, 0.05) is 14.1 Å². The lowest BCUT2D eigenvalue weighted by Gasteiger charge is -1.85. The minimum atomic E-state index is -0.478. The van der Waals surface area contributed by atoms with Crippen molar-refractivity contribution in [3.63, 3.8) is 0 Å². The molecule has 0 amide bonds. The average molecular weight is 281 g/mol. The Morgan fingerprint density at radius 2 is 1.71 bits per heavy atom. The molecule has 0 atom stereocenters. The van der Waals surface area contributed by atoms with Crippen LogP contribution in [0.3, 0.4) is 0 Å². The second kappa shape index (κ2) is 8.08. The molecule has 0 fully saturated rings. The number of hydrogen-bond acceptors (Lipinski definition) is 2. The number of halogens is 3. The molecule has 0 aromatic carbocycles. The van der Waals surface area contributed by atoms with E-state index < -0.39 is 5.82 Å². The zero-order chi connectivity index (χ0) is 13.4. The van der Waals surface area contributed by atoms with Gasteiger partial charge in [-0.2, -0.15) is 10.2 Å². The molecular formula is C10H15Cl2FN4. The molecule has 0 unspecified atom stereocenters. The molecule has 0 saturated heterocycles. The van der Waals surface area contributed by atoms with Gasteiger partial charge in [-0.1, -0.05) is 37.0 Å². The molecule has 0 aliphatic carbocycles. The fraction of sp³-hybridized carbons (Fsp3) is 0.400. The van der Waals surface area contributed by atoms with Crippen molar-refractivity contribution in [1.29, 1.82) is 0 Å². The van der Waals surface area contributed by atoms with Gasteiger partial charge in [-0.3, -0.25) is 9.36 Å². The van der Waals surface area contributed by atoms with Gasteiger partial charge < -0.3 is 0 Å². The predicted octanol–water partition coefficient (Wildman–Crippen LogP) is 3.31. The molecule has 0 N–H and O–H groups in total. The van der Waals surface area contributed by atoms with Crippen molar-refractivity contribution in [2.75, 3.05) is 0 Å². The second-order valence-corrected chi connectivity index (χ2v) is 3.43. The van der Waals surface area contributed by atoms with Crippen molar-refractivity contribution in [1.82, 2.24) is 19.6 Å². The minimum absolute atomic E-state index is 0.0463. The van der Waals surface area contributed by atoms with Gasteiger partial charge in [-0.25, -0.2) is 4.39 Å². The van der Waals surface area contributed by atoms with Crippen LogP contribution in [0.25, 0.3) is 0 Å². The molecule has 2 heterocycles. The summed E-state index contributed by atoms with van der Waals surface area (Å²) in [4.78, 5) is 0. The predicted molar refractivity (Wildman–Crippen MR) is 67.7 cm³/mol. The van der Waals surface area contributed by atoms with Crippen LogP contribution in [-0.2, 0) is 14.1 Å². The van der Waals surface area contributed by atoms with Crippen LogP contribution in [0.5, 0.6) is 0 Å². The van der Waals surface area contributed by atoms with Crippen molar-refractivity contribution in [3.05, 3.63) is 34.6 Å². The van der Waals surface area contributed by atoms with Gasteiger partial charge in [0.05, 0.1) is 12.4 Å². The Hall–Kier alpha value is -1.07. The van der Waals surface area contributed by atoms with E-state index in [1.807, 2.05) is 13.8 Å². The van der Waals surface area contributed by atoms with E-state index in [1.54, 1.807) is 31.0 Å². The molecule has 17 heavy (non-hydrogen) atoms. The smallest absolute Gasteiger partial charge is 0.180 e. The Morgan fingerprint density at radius 3 is 1.82 bits per heavy atom. The third-order valence-corrected chi connectivity index (χ3v) is 2.38. The van der Waals surface area contributed by atoms with Crippen molar-refractivity contribution < 1.29 is 4.39 Å². The summed E-state index contributed by atoms with van der Waals surface area (Å²) in [6, 6.07) is 1.74. The highest BCUT2D eigenvalue weighted by Crippen LogP contribution is 2.09. The van der Waals surface area contributed by atoms with Gasteiger partial charge >= 0.3 is 0 Å². The number of hydrogen-bond donors (Lipinski definition) is 0.